The maximum atomic E-state index is 13.4. The summed E-state index contributed by atoms with van der Waals surface area (Å²) >= 11 is 0. The molecule has 1 aliphatic rings. The first-order valence-corrected chi connectivity index (χ1v) is 10.3. The number of nitro groups is 1. The summed E-state index contributed by atoms with van der Waals surface area (Å²) in [6, 6.07) is 17.3. The van der Waals surface area contributed by atoms with Gasteiger partial charge in [0.05, 0.1) is 10.5 Å². The monoisotopic (exact) mass is 443 g/mol. The van der Waals surface area contributed by atoms with Gasteiger partial charge in [-0.05, 0) is 42.7 Å². The Kier molecular flexibility index (Phi) is 5.74. The van der Waals surface area contributed by atoms with Crippen LogP contribution in [0.4, 0.5) is 11.4 Å². The fourth-order valence-electron chi connectivity index (χ4n) is 3.95. The number of anilines is 1. The number of imide groups is 1. The highest BCUT2D eigenvalue weighted by atomic mass is 16.6. The molecule has 1 atom stereocenters. The van der Waals surface area contributed by atoms with Crippen LogP contribution >= 0.6 is 0 Å². The number of hydrogen-bond acceptors (Lipinski definition) is 5. The molecule has 3 amide bonds. The third-order valence-electron chi connectivity index (χ3n) is 5.66. The van der Waals surface area contributed by atoms with Crippen molar-refractivity contribution in [1.82, 2.24) is 4.90 Å². The molecule has 8 nitrogen and oxygen atoms in total. The van der Waals surface area contributed by atoms with Gasteiger partial charge in [-0.1, -0.05) is 48.5 Å². The lowest BCUT2D eigenvalue weighted by Crippen LogP contribution is -2.48. The van der Waals surface area contributed by atoms with Gasteiger partial charge in [0.1, 0.15) is 11.6 Å². The number of fused-ring (bicyclic) bond motifs is 1. The van der Waals surface area contributed by atoms with Crippen LogP contribution in [0.25, 0.3) is 0 Å². The lowest BCUT2D eigenvalue weighted by molar-refractivity contribution is -0.385. The van der Waals surface area contributed by atoms with Crippen molar-refractivity contribution in [3.8, 4) is 0 Å². The third-order valence-corrected chi connectivity index (χ3v) is 5.66. The molecule has 1 unspecified atom stereocenters. The van der Waals surface area contributed by atoms with Crippen LogP contribution in [0.3, 0.4) is 0 Å². The number of carbonyl (C=O) groups excluding carboxylic acids is 3. The van der Waals surface area contributed by atoms with Crippen LogP contribution in [0.15, 0.2) is 66.7 Å². The van der Waals surface area contributed by atoms with E-state index < -0.39 is 34.4 Å². The number of amides is 3. The SMILES string of the molecule is Cc1ccc(C)c(NC(=O)C(Cc2ccccc2)N2C(=O)c3cccc([N+](=O)[O-])c3C2=O)c1. The summed E-state index contributed by atoms with van der Waals surface area (Å²) in [7, 11) is 0. The molecule has 0 bridgehead atoms. The van der Waals surface area contributed by atoms with E-state index in [1.54, 1.807) is 30.3 Å². The molecule has 1 aliphatic heterocycles. The molecule has 4 rings (SSSR count). The van der Waals surface area contributed by atoms with Crippen molar-refractivity contribution in [1.29, 1.82) is 0 Å². The molecular weight excluding hydrogens is 422 g/mol. The number of hydrogen-bond donors (Lipinski definition) is 1. The van der Waals surface area contributed by atoms with Gasteiger partial charge in [0.25, 0.3) is 17.5 Å². The highest BCUT2D eigenvalue weighted by molar-refractivity contribution is 6.25. The van der Waals surface area contributed by atoms with Crippen LogP contribution in [0, 0.1) is 24.0 Å². The second-order valence-corrected chi connectivity index (χ2v) is 7.95. The van der Waals surface area contributed by atoms with Crippen molar-refractivity contribution in [3.05, 3.63) is 105 Å². The van der Waals surface area contributed by atoms with Gasteiger partial charge >= 0.3 is 0 Å². The topological polar surface area (TPSA) is 110 Å². The summed E-state index contributed by atoms with van der Waals surface area (Å²) in [5, 5.41) is 14.3. The molecule has 8 heteroatoms. The van der Waals surface area contributed by atoms with Crippen molar-refractivity contribution in [2.24, 2.45) is 0 Å². The number of carbonyl (C=O) groups is 3. The van der Waals surface area contributed by atoms with Crippen LogP contribution in [0.2, 0.25) is 0 Å². The van der Waals surface area contributed by atoms with Gasteiger partial charge in [0, 0.05) is 18.2 Å². The molecule has 1 heterocycles. The smallest absolute Gasteiger partial charge is 0.282 e. The van der Waals surface area contributed by atoms with E-state index in [0.29, 0.717) is 5.69 Å². The Morgan fingerprint density at radius 1 is 1.00 bits per heavy atom. The Morgan fingerprint density at radius 2 is 1.73 bits per heavy atom. The molecule has 0 spiro atoms. The maximum absolute atomic E-state index is 13.4. The zero-order valence-corrected chi connectivity index (χ0v) is 18.1. The van der Waals surface area contributed by atoms with Crippen molar-refractivity contribution >= 4 is 29.1 Å². The molecule has 166 valence electrons. The van der Waals surface area contributed by atoms with E-state index in [1.165, 1.54) is 18.2 Å². The van der Waals surface area contributed by atoms with Gasteiger partial charge in [-0.3, -0.25) is 29.4 Å². The first-order valence-electron chi connectivity index (χ1n) is 10.3. The summed E-state index contributed by atoms with van der Waals surface area (Å²) in [5.74, 6) is -2.13. The predicted octanol–water partition coefficient (Wildman–Crippen LogP) is 4.06. The largest absolute Gasteiger partial charge is 0.324 e. The van der Waals surface area contributed by atoms with Crippen molar-refractivity contribution in [3.63, 3.8) is 0 Å². The van der Waals surface area contributed by atoms with E-state index in [1.807, 2.05) is 32.0 Å². The zero-order chi connectivity index (χ0) is 23.7. The Bertz CT molecular complexity index is 1290. The number of rotatable bonds is 6. The third kappa shape index (κ3) is 4.10. The molecule has 0 saturated carbocycles. The first kappa shape index (κ1) is 21.9. The number of nitrogens with zero attached hydrogens (tertiary/aromatic N) is 2. The van der Waals surface area contributed by atoms with E-state index in [9.17, 15) is 24.5 Å². The molecular formula is C25H21N3O5. The van der Waals surface area contributed by atoms with Crippen molar-refractivity contribution in [2.45, 2.75) is 26.3 Å². The summed E-state index contributed by atoms with van der Waals surface area (Å²) in [5.41, 5.74) is 2.25. The van der Waals surface area contributed by atoms with Crippen LogP contribution in [-0.4, -0.2) is 33.6 Å². The molecule has 3 aromatic rings. The highest BCUT2D eigenvalue weighted by Crippen LogP contribution is 2.33. The van der Waals surface area contributed by atoms with Gasteiger partial charge < -0.3 is 5.32 Å². The second-order valence-electron chi connectivity index (χ2n) is 7.95. The number of benzene rings is 3. The lowest BCUT2D eigenvalue weighted by atomic mass is 10.0. The van der Waals surface area contributed by atoms with Crippen molar-refractivity contribution < 1.29 is 19.3 Å². The van der Waals surface area contributed by atoms with E-state index in [-0.39, 0.29) is 17.5 Å². The van der Waals surface area contributed by atoms with Crippen LogP contribution < -0.4 is 5.32 Å². The molecule has 0 saturated heterocycles. The zero-order valence-electron chi connectivity index (χ0n) is 18.1. The molecule has 3 aromatic carbocycles. The van der Waals surface area contributed by atoms with E-state index in [0.717, 1.165) is 21.6 Å². The second kappa shape index (κ2) is 8.66. The Morgan fingerprint density at radius 3 is 2.42 bits per heavy atom. The van der Waals surface area contributed by atoms with Crippen LogP contribution in [-0.2, 0) is 11.2 Å². The molecule has 0 radical (unpaired) electrons. The lowest BCUT2D eigenvalue weighted by Gasteiger charge is -2.26. The average Bonchev–Trinajstić information content (AvgIpc) is 3.05. The quantitative estimate of drug-likeness (QED) is 0.351. The number of aryl methyl sites for hydroxylation is 2. The summed E-state index contributed by atoms with van der Waals surface area (Å²) in [6.45, 7) is 3.73. The fourth-order valence-corrected chi connectivity index (χ4v) is 3.95. The molecule has 0 fully saturated rings. The van der Waals surface area contributed by atoms with Crippen molar-refractivity contribution in [2.75, 3.05) is 5.32 Å². The summed E-state index contributed by atoms with van der Waals surface area (Å²) in [4.78, 5) is 51.5. The predicted molar refractivity (Wildman–Crippen MR) is 122 cm³/mol. The maximum Gasteiger partial charge on any atom is 0.282 e. The first-order chi connectivity index (χ1) is 15.8. The minimum Gasteiger partial charge on any atom is -0.324 e. The Labute approximate surface area is 190 Å². The molecule has 0 aliphatic carbocycles. The standard InChI is InChI=1S/C25H21N3O5/c1-15-11-12-16(2)19(13-15)26-23(29)21(14-17-7-4-3-5-8-17)27-24(30)18-9-6-10-20(28(32)33)22(18)25(27)31/h3-13,21H,14H2,1-2H3,(H,26,29). The Hall–Kier alpha value is -4.33. The van der Waals surface area contributed by atoms with Gasteiger partial charge in [-0.25, -0.2) is 0 Å². The van der Waals surface area contributed by atoms with Crippen LogP contribution in [0.1, 0.15) is 37.4 Å². The minimum atomic E-state index is -1.20. The van der Waals surface area contributed by atoms with Gasteiger partial charge in [0.2, 0.25) is 5.91 Å². The molecule has 33 heavy (non-hydrogen) atoms. The minimum absolute atomic E-state index is 0.0663. The highest BCUT2D eigenvalue weighted by Gasteiger charge is 2.46. The normalized spacial score (nSPS) is 13.6. The summed E-state index contributed by atoms with van der Waals surface area (Å²) < 4.78 is 0. The van der Waals surface area contributed by atoms with Gasteiger partial charge in [-0.15, -0.1) is 0 Å². The summed E-state index contributed by atoms with van der Waals surface area (Å²) in [6.07, 6.45) is 0.0663. The Balaban J connectivity index is 1.75. The van der Waals surface area contributed by atoms with E-state index in [2.05, 4.69) is 5.32 Å². The molecule has 1 N–H and O–H groups in total. The van der Waals surface area contributed by atoms with E-state index >= 15 is 0 Å². The average molecular weight is 443 g/mol. The van der Waals surface area contributed by atoms with Gasteiger partial charge in [-0.2, -0.15) is 0 Å². The van der Waals surface area contributed by atoms with Crippen LogP contribution in [0.5, 0.6) is 0 Å². The van der Waals surface area contributed by atoms with E-state index in [4.69, 9.17) is 0 Å². The molecule has 0 aromatic heterocycles. The van der Waals surface area contributed by atoms with Gasteiger partial charge in [0.15, 0.2) is 0 Å². The number of nitrogens with one attached hydrogen (secondary N) is 1. The number of nitro benzene ring substituents is 1. The fraction of sp³-hybridized carbons (Fsp3) is 0.160.